The number of carbonyl (C=O) groups excluding carboxylic acids is 1. The molecule has 7 nitrogen and oxygen atoms in total. The molecule has 29 heavy (non-hydrogen) atoms. The Morgan fingerprint density at radius 3 is 2.86 bits per heavy atom. The summed E-state index contributed by atoms with van der Waals surface area (Å²) in [7, 11) is 3.58. The Morgan fingerprint density at radius 2 is 2.14 bits per heavy atom. The van der Waals surface area contributed by atoms with Crippen LogP contribution in [-0.4, -0.2) is 43.2 Å². The molecule has 148 valence electrons. The van der Waals surface area contributed by atoms with Crippen molar-refractivity contribution in [1.82, 2.24) is 15.3 Å². The van der Waals surface area contributed by atoms with Crippen LogP contribution in [0, 0.1) is 0 Å². The molecule has 1 amide bonds. The summed E-state index contributed by atoms with van der Waals surface area (Å²) in [6.07, 6.45) is 5.18. The third-order valence-corrected chi connectivity index (χ3v) is 4.85. The first-order valence-electron chi connectivity index (χ1n) is 9.35. The van der Waals surface area contributed by atoms with Gasteiger partial charge in [0.2, 0.25) is 5.88 Å². The summed E-state index contributed by atoms with van der Waals surface area (Å²) in [6, 6.07) is 11.4. The molecular weight excluding hydrogens is 368 g/mol. The lowest BCUT2D eigenvalue weighted by Gasteiger charge is -2.29. The lowest BCUT2D eigenvalue weighted by molar-refractivity contribution is 0.0946. The van der Waals surface area contributed by atoms with E-state index in [1.165, 1.54) is 0 Å². The van der Waals surface area contributed by atoms with E-state index in [9.17, 15) is 4.79 Å². The van der Waals surface area contributed by atoms with Crippen molar-refractivity contribution < 1.29 is 14.3 Å². The van der Waals surface area contributed by atoms with Crippen molar-refractivity contribution in [3.8, 4) is 22.8 Å². The van der Waals surface area contributed by atoms with E-state index >= 15 is 0 Å². The van der Waals surface area contributed by atoms with Gasteiger partial charge >= 0.3 is 0 Å². The van der Waals surface area contributed by atoms with Gasteiger partial charge in [0.15, 0.2) is 5.75 Å². The highest BCUT2D eigenvalue weighted by atomic mass is 16.5. The molecule has 0 atom stereocenters. The van der Waals surface area contributed by atoms with Crippen LogP contribution >= 0.6 is 0 Å². The van der Waals surface area contributed by atoms with Gasteiger partial charge in [-0.25, -0.2) is 4.98 Å². The van der Waals surface area contributed by atoms with E-state index in [0.29, 0.717) is 30.3 Å². The molecule has 2 aromatic heterocycles. The van der Waals surface area contributed by atoms with E-state index < -0.39 is 0 Å². The molecule has 0 saturated carbocycles. The highest BCUT2D eigenvalue weighted by Crippen LogP contribution is 2.38. The van der Waals surface area contributed by atoms with Crippen LogP contribution in [0.15, 0.2) is 55.0 Å². The zero-order valence-corrected chi connectivity index (χ0v) is 16.4. The van der Waals surface area contributed by atoms with E-state index in [0.717, 1.165) is 28.9 Å². The Balaban J connectivity index is 1.69. The number of hydrogen-bond acceptors (Lipinski definition) is 6. The molecular formula is C22H22N4O3. The number of fused-ring (bicyclic) bond motifs is 1. The van der Waals surface area contributed by atoms with Gasteiger partial charge < -0.3 is 19.7 Å². The number of amides is 1. The molecule has 7 heteroatoms. The van der Waals surface area contributed by atoms with Crippen LogP contribution < -0.4 is 19.7 Å². The molecule has 1 aliphatic rings. The fourth-order valence-electron chi connectivity index (χ4n) is 3.24. The van der Waals surface area contributed by atoms with Crippen molar-refractivity contribution in [3.05, 3.63) is 66.1 Å². The van der Waals surface area contributed by atoms with Crippen molar-refractivity contribution >= 4 is 11.6 Å². The number of rotatable bonds is 5. The second-order valence-corrected chi connectivity index (χ2v) is 6.78. The number of benzene rings is 1. The number of pyridine rings is 2. The normalized spacial score (nSPS) is 12.7. The first-order chi connectivity index (χ1) is 14.2. The number of hydrogen-bond donors (Lipinski definition) is 1. The summed E-state index contributed by atoms with van der Waals surface area (Å²) in [5.74, 6) is 0.956. The maximum atomic E-state index is 13.0. The molecule has 1 N–H and O–H groups in total. The van der Waals surface area contributed by atoms with E-state index in [-0.39, 0.29) is 5.91 Å². The highest BCUT2D eigenvalue weighted by molar-refractivity contribution is 6.00. The molecule has 0 bridgehead atoms. The molecule has 4 rings (SSSR count). The van der Waals surface area contributed by atoms with Gasteiger partial charge in [-0.05, 0) is 35.4 Å². The standard InChI is InChI=1S/C22H22N4O3/c1-26-8-9-29-21-18(22(27)25-13-15-4-3-7-23-12-15)10-17(11-19(21)26)16-5-6-20(28-2)24-14-16/h3-7,10-12,14H,8-9,13H2,1-2H3,(H,25,27). The number of methoxy groups -OCH3 is 1. The first-order valence-corrected chi connectivity index (χ1v) is 9.35. The van der Waals surface area contributed by atoms with E-state index in [2.05, 4.69) is 20.2 Å². The minimum Gasteiger partial charge on any atom is -0.489 e. The average Bonchev–Trinajstić information content (AvgIpc) is 2.78. The third-order valence-electron chi connectivity index (χ3n) is 4.85. The predicted molar refractivity (Wildman–Crippen MR) is 110 cm³/mol. The minimum absolute atomic E-state index is 0.191. The molecule has 0 saturated heterocycles. The van der Waals surface area contributed by atoms with Crippen LogP contribution in [0.25, 0.3) is 11.1 Å². The number of nitrogens with zero attached hydrogens (tertiary/aromatic N) is 3. The van der Waals surface area contributed by atoms with Gasteiger partial charge in [-0.1, -0.05) is 6.07 Å². The van der Waals surface area contributed by atoms with Gasteiger partial charge in [0, 0.05) is 43.8 Å². The van der Waals surface area contributed by atoms with Gasteiger partial charge in [0.1, 0.15) is 6.61 Å². The third kappa shape index (κ3) is 3.99. The predicted octanol–water partition coefficient (Wildman–Crippen LogP) is 2.91. The lowest BCUT2D eigenvalue weighted by Crippen LogP contribution is -2.31. The fraction of sp³-hybridized carbons (Fsp3) is 0.227. The zero-order chi connectivity index (χ0) is 20.2. The highest BCUT2D eigenvalue weighted by Gasteiger charge is 2.24. The number of aromatic nitrogens is 2. The number of anilines is 1. The summed E-state index contributed by atoms with van der Waals surface area (Å²) < 4.78 is 11.0. The Labute approximate surface area is 169 Å². The number of carbonyl (C=O) groups is 1. The van der Waals surface area contributed by atoms with Crippen LogP contribution in [-0.2, 0) is 6.54 Å². The molecule has 0 radical (unpaired) electrons. The van der Waals surface area contributed by atoms with Crippen LogP contribution in [0.5, 0.6) is 11.6 Å². The van der Waals surface area contributed by atoms with Gasteiger partial charge in [-0.3, -0.25) is 9.78 Å². The molecule has 3 aromatic rings. The Hall–Kier alpha value is -3.61. The smallest absolute Gasteiger partial charge is 0.255 e. The summed E-state index contributed by atoms with van der Waals surface area (Å²) >= 11 is 0. The molecule has 0 spiro atoms. The van der Waals surface area contributed by atoms with E-state index in [4.69, 9.17) is 9.47 Å². The Morgan fingerprint density at radius 1 is 1.24 bits per heavy atom. The van der Waals surface area contributed by atoms with Crippen LogP contribution in [0.4, 0.5) is 5.69 Å². The second kappa shape index (κ2) is 8.18. The van der Waals surface area contributed by atoms with Crippen LogP contribution in [0.3, 0.4) is 0 Å². The molecule has 3 heterocycles. The molecule has 0 aliphatic carbocycles. The SMILES string of the molecule is COc1ccc(-c2cc(C(=O)NCc3cccnc3)c3c(c2)N(C)CCO3)cn1. The largest absolute Gasteiger partial charge is 0.489 e. The van der Waals surface area contributed by atoms with Crippen molar-refractivity contribution in [2.45, 2.75) is 6.54 Å². The second-order valence-electron chi connectivity index (χ2n) is 6.78. The van der Waals surface area contributed by atoms with Crippen molar-refractivity contribution in [1.29, 1.82) is 0 Å². The van der Waals surface area contributed by atoms with Crippen molar-refractivity contribution in [2.75, 3.05) is 32.2 Å². The Kier molecular flexibility index (Phi) is 5.29. The first kappa shape index (κ1) is 18.7. The summed E-state index contributed by atoms with van der Waals surface area (Å²) in [5.41, 5.74) is 4.11. The van der Waals surface area contributed by atoms with Gasteiger partial charge in [0.05, 0.1) is 24.9 Å². The summed E-state index contributed by atoms with van der Waals surface area (Å²) in [4.78, 5) is 23.5. The monoisotopic (exact) mass is 390 g/mol. The van der Waals surface area contributed by atoms with Gasteiger partial charge in [-0.15, -0.1) is 0 Å². The summed E-state index contributed by atoms with van der Waals surface area (Å²) in [6.45, 7) is 1.69. The quantitative estimate of drug-likeness (QED) is 0.722. The van der Waals surface area contributed by atoms with Gasteiger partial charge in [0.25, 0.3) is 5.91 Å². The molecule has 1 aliphatic heterocycles. The van der Waals surface area contributed by atoms with Crippen molar-refractivity contribution in [2.24, 2.45) is 0 Å². The maximum Gasteiger partial charge on any atom is 0.255 e. The zero-order valence-electron chi connectivity index (χ0n) is 16.4. The Bertz CT molecular complexity index is 1010. The minimum atomic E-state index is -0.191. The topological polar surface area (TPSA) is 76.6 Å². The van der Waals surface area contributed by atoms with Crippen LogP contribution in [0.2, 0.25) is 0 Å². The van der Waals surface area contributed by atoms with Crippen molar-refractivity contribution in [3.63, 3.8) is 0 Å². The summed E-state index contributed by atoms with van der Waals surface area (Å²) in [5, 5.41) is 2.96. The van der Waals surface area contributed by atoms with Crippen LogP contribution in [0.1, 0.15) is 15.9 Å². The van der Waals surface area contributed by atoms with Gasteiger partial charge in [-0.2, -0.15) is 0 Å². The fourth-order valence-corrected chi connectivity index (χ4v) is 3.24. The maximum absolute atomic E-state index is 13.0. The number of nitrogens with one attached hydrogen (secondary N) is 1. The number of likely N-dealkylation sites (N-methyl/N-ethyl adjacent to an activating group) is 1. The molecule has 1 aromatic carbocycles. The molecule has 0 fully saturated rings. The number of ether oxygens (including phenoxy) is 2. The lowest BCUT2D eigenvalue weighted by atomic mass is 10.0. The van der Waals surface area contributed by atoms with E-state index in [1.54, 1.807) is 31.8 Å². The molecule has 0 unspecified atom stereocenters. The van der Waals surface area contributed by atoms with E-state index in [1.807, 2.05) is 37.4 Å². The average molecular weight is 390 g/mol.